The quantitative estimate of drug-likeness (QED) is 0.906. The Kier molecular flexibility index (Phi) is 5.06. The lowest BCUT2D eigenvalue weighted by molar-refractivity contribution is -0.139. The molecule has 1 aromatic carbocycles. The second-order valence-corrected chi connectivity index (χ2v) is 7.47. The first kappa shape index (κ1) is 17.5. The van der Waals surface area contributed by atoms with Gasteiger partial charge >= 0.3 is 6.18 Å². The van der Waals surface area contributed by atoms with Crippen LogP contribution in [0, 0.1) is 0 Å². The molecule has 0 radical (unpaired) electrons. The van der Waals surface area contributed by atoms with Crippen LogP contribution in [0.1, 0.15) is 18.4 Å². The number of hydrogen-bond donors (Lipinski definition) is 1. The summed E-state index contributed by atoms with van der Waals surface area (Å²) in [6.07, 6.45) is -3.40. The topological polar surface area (TPSA) is 49.4 Å². The van der Waals surface area contributed by atoms with Crippen LogP contribution in [0.4, 0.5) is 13.2 Å². The van der Waals surface area contributed by atoms with Crippen molar-refractivity contribution in [1.82, 2.24) is 9.62 Å². The van der Waals surface area contributed by atoms with Crippen LogP contribution in [0.25, 0.3) is 0 Å². The lowest BCUT2D eigenvalue weighted by Crippen LogP contribution is -2.47. The van der Waals surface area contributed by atoms with E-state index < -0.39 is 26.7 Å². The molecule has 2 rings (SSSR count). The van der Waals surface area contributed by atoms with Gasteiger partial charge in [-0.25, -0.2) is 8.42 Å². The fourth-order valence-electron chi connectivity index (χ4n) is 2.48. The zero-order chi connectivity index (χ0) is 16.5. The number of halogens is 4. The molecule has 22 heavy (non-hydrogen) atoms. The molecule has 0 amide bonds. The molecule has 0 aromatic heterocycles. The molecule has 0 bridgehead atoms. The molecule has 1 saturated heterocycles. The second kappa shape index (κ2) is 6.35. The van der Waals surface area contributed by atoms with Crippen molar-refractivity contribution in [3.63, 3.8) is 0 Å². The van der Waals surface area contributed by atoms with E-state index in [4.69, 9.17) is 11.6 Å². The van der Waals surface area contributed by atoms with E-state index >= 15 is 0 Å². The highest BCUT2D eigenvalue weighted by Gasteiger charge is 2.40. The predicted molar refractivity (Wildman–Crippen MR) is 77.3 cm³/mol. The average molecular weight is 357 g/mol. The lowest BCUT2D eigenvalue weighted by atomic mass is 10.1. The third-order valence-electron chi connectivity index (χ3n) is 3.66. The minimum Gasteiger partial charge on any atom is -0.316 e. The predicted octanol–water partition coefficient (Wildman–Crippen LogP) is 2.73. The standard InChI is InChI=1S/C13H16ClF3N2O2S/c1-18-10-3-2-6-19(8-10)22(20,21)12-5-4-9(14)7-11(12)13(15,16)17/h4-5,7,10,18H,2-3,6,8H2,1H3/t10-/m0/s1. The van der Waals surface area contributed by atoms with E-state index in [1.165, 1.54) is 0 Å². The maximum absolute atomic E-state index is 13.1. The highest BCUT2D eigenvalue weighted by molar-refractivity contribution is 7.89. The van der Waals surface area contributed by atoms with Gasteiger partial charge in [-0.2, -0.15) is 17.5 Å². The van der Waals surface area contributed by atoms with Crippen molar-refractivity contribution in [3.05, 3.63) is 28.8 Å². The lowest BCUT2D eigenvalue weighted by Gasteiger charge is -2.32. The van der Waals surface area contributed by atoms with Crippen LogP contribution in [0.15, 0.2) is 23.1 Å². The summed E-state index contributed by atoms with van der Waals surface area (Å²) in [7, 11) is -2.52. The summed E-state index contributed by atoms with van der Waals surface area (Å²) in [4.78, 5) is -0.749. The highest BCUT2D eigenvalue weighted by Crippen LogP contribution is 2.37. The maximum Gasteiger partial charge on any atom is 0.417 e. The Hall–Kier alpha value is -0.830. The average Bonchev–Trinajstić information content (AvgIpc) is 2.46. The van der Waals surface area contributed by atoms with Gasteiger partial charge in [-0.05, 0) is 38.1 Å². The molecule has 1 heterocycles. The number of nitrogens with one attached hydrogen (secondary N) is 1. The molecule has 0 saturated carbocycles. The number of alkyl halides is 3. The van der Waals surface area contributed by atoms with E-state index in [1.807, 2.05) is 0 Å². The Morgan fingerprint density at radius 1 is 1.36 bits per heavy atom. The van der Waals surface area contributed by atoms with Crippen molar-refractivity contribution >= 4 is 21.6 Å². The van der Waals surface area contributed by atoms with Crippen LogP contribution in [0.5, 0.6) is 0 Å². The molecule has 0 unspecified atom stereocenters. The van der Waals surface area contributed by atoms with E-state index in [2.05, 4.69) is 5.32 Å². The number of benzene rings is 1. The number of sulfonamides is 1. The van der Waals surface area contributed by atoms with Crippen molar-refractivity contribution in [2.24, 2.45) is 0 Å². The zero-order valence-electron chi connectivity index (χ0n) is 11.8. The van der Waals surface area contributed by atoms with Gasteiger partial charge in [-0.3, -0.25) is 0 Å². The first-order valence-corrected chi connectivity index (χ1v) is 8.52. The Morgan fingerprint density at radius 3 is 2.64 bits per heavy atom. The number of likely N-dealkylation sites (N-methyl/N-ethyl adjacent to an activating group) is 1. The van der Waals surface area contributed by atoms with Gasteiger partial charge in [0.25, 0.3) is 0 Å². The minimum atomic E-state index is -4.79. The van der Waals surface area contributed by atoms with E-state index in [0.29, 0.717) is 12.5 Å². The maximum atomic E-state index is 13.1. The first-order chi connectivity index (χ1) is 10.2. The number of hydrogen-bond acceptors (Lipinski definition) is 3. The Balaban J connectivity index is 2.46. The fourth-order valence-corrected chi connectivity index (χ4v) is 4.37. The van der Waals surface area contributed by atoms with Crippen molar-refractivity contribution in [1.29, 1.82) is 0 Å². The molecule has 4 nitrogen and oxygen atoms in total. The van der Waals surface area contributed by atoms with Gasteiger partial charge in [0.15, 0.2) is 0 Å². The summed E-state index contributed by atoms with van der Waals surface area (Å²) in [5, 5.41) is 2.81. The third-order valence-corrected chi connectivity index (χ3v) is 5.82. The normalized spacial score (nSPS) is 21.0. The van der Waals surface area contributed by atoms with Crippen LogP contribution < -0.4 is 5.32 Å². The monoisotopic (exact) mass is 356 g/mol. The van der Waals surface area contributed by atoms with E-state index in [0.717, 1.165) is 22.9 Å². The molecular weight excluding hydrogens is 341 g/mol. The van der Waals surface area contributed by atoms with Gasteiger partial charge in [-0.15, -0.1) is 0 Å². The minimum absolute atomic E-state index is 0.0647. The fraction of sp³-hybridized carbons (Fsp3) is 0.538. The third kappa shape index (κ3) is 3.56. The smallest absolute Gasteiger partial charge is 0.316 e. The summed E-state index contributed by atoms with van der Waals surface area (Å²) >= 11 is 5.59. The molecule has 0 aliphatic carbocycles. The second-order valence-electron chi connectivity index (χ2n) is 5.13. The van der Waals surface area contributed by atoms with Crippen molar-refractivity contribution in [2.75, 3.05) is 20.1 Å². The van der Waals surface area contributed by atoms with Crippen LogP contribution in [-0.4, -0.2) is 38.9 Å². The van der Waals surface area contributed by atoms with Gasteiger partial charge in [0.2, 0.25) is 10.0 Å². The van der Waals surface area contributed by atoms with Crippen molar-refractivity contribution in [2.45, 2.75) is 30.0 Å². The van der Waals surface area contributed by atoms with Gasteiger partial charge in [-0.1, -0.05) is 11.6 Å². The van der Waals surface area contributed by atoms with E-state index in [-0.39, 0.29) is 24.2 Å². The summed E-state index contributed by atoms with van der Waals surface area (Å²) < 4.78 is 65.6. The molecule has 1 aromatic rings. The van der Waals surface area contributed by atoms with Crippen LogP contribution in [-0.2, 0) is 16.2 Å². The van der Waals surface area contributed by atoms with Crippen LogP contribution >= 0.6 is 11.6 Å². The summed E-state index contributed by atoms with van der Waals surface area (Å²) in [6.45, 7) is 0.360. The van der Waals surface area contributed by atoms with Crippen LogP contribution in [0.3, 0.4) is 0 Å². The Morgan fingerprint density at radius 2 is 2.05 bits per heavy atom. The van der Waals surface area contributed by atoms with E-state index in [1.54, 1.807) is 7.05 Å². The zero-order valence-corrected chi connectivity index (χ0v) is 13.4. The molecular formula is C13H16ClF3N2O2S. The van der Waals surface area contributed by atoms with Gasteiger partial charge in [0, 0.05) is 24.2 Å². The molecule has 1 aliphatic heterocycles. The number of rotatable bonds is 3. The van der Waals surface area contributed by atoms with E-state index in [9.17, 15) is 21.6 Å². The summed E-state index contributed by atoms with van der Waals surface area (Å²) in [6, 6.07) is 2.66. The van der Waals surface area contributed by atoms with Crippen molar-refractivity contribution in [3.8, 4) is 0 Å². The Labute approximate surface area is 132 Å². The molecule has 9 heteroatoms. The number of nitrogens with zero attached hydrogens (tertiary/aromatic N) is 1. The van der Waals surface area contributed by atoms with Gasteiger partial charge in [0.05, 0.1) is 10.5 Å². The summed E-state index contributed by atoms with van der Waals surface area (Å²) in [5.74, 6) is 0. The van der Waals surface area contributed by atoms with Gasteiger partial charge in [0.1, 0.15) is 0 Å². The first-order valence-electron chi connectivity index (χ1n) is 6.70. The largest absolute Gasteiger partial charge is 0.417 e. The Bertz CT molecular complexity index is 649. The molecule has 1 aliphatic rings. The molecule has 0 spiro atoms. The summed E-state index contributed by atoms with van der Waals surface area (Å²) in [5.41, 5.74) is -1.23. The highest BCUT2D eigenvalue weighted by atomic mass is 35.5. The SMILES string of the molecule is CN[C@H]1CCCN(S(=O)(=O)c2ccc(Cl)cc2C(F)(F)F)C1. The van der Waals surface area contributed by atoms with Crippen LogP contribution in [0.2, 0.25) is 5.02 Å². The molecule has 1 N–H and O–H groups in total. The van der Waals surface area contributed by atoms with Crippen molar-refractivity contribution < 1.29 is 21.6 Å². The van der Waals surface area contributed by atoms with Gasteiger partial charge < -0.3 is 5.32 Å². The molecule has 124 valence electrons. The number of piperidine rings is 1. The molecule has 1 fully saturated rings. The molecule has 1 atom stereocenters.